The third-order valence-electron chi connectivity index (χ3n) is 5.71. The van der Waals surface area contributed by atoms with E-state index in [0.717, 1.165) is 11.4 Å². The largest absolute Gasteiger partial charge is 0.463 e. The van der Waals surface area contributed by atoms with Crippen molar-refractivity contribution >= 4 is 23.2 Å². The van der Waals surface area contributed by atoms with E-state index in [2.05, 4.69) is 35.4 Å². The normalized spacial score (nSPS) is 18.6. The van der Waals surface area contributed by atoms with Gasteiger partial charge in [-0.15, -0.1) is 0 Å². The molecule has 2 aromatic heterocycles. The van der Waals surface area contributed by atoms with E-state index in [1.54, 1.807) is 6.20 Å². The van der Waals surface area contributed by atoms with E-state index in [9.17, 15) is 9.59 Å². The van der Waals surface area contributed by atoms with Crippen molar-refractivity contribution in [3.8, 4) is 5.88 Å². The summed E-state index contributed by atoms with van der Waals surface area (Å²) in [6.07, 6.45) is 2.98. The molecule has 1 fully saturated rings. The Balaban J connectivity index is 1.40. The molecule has 0 saturated carbocycles. The molecule has 2 amide bonds. The molecule has 11 heteroatoms. The summed E-state index contributed by atoms with van der Waals surface area (Å²) in [6, 6.07) is 0. The van der Waals surface area contributed by atoms with Crippen molar-refractivity contribution in [2.75, 3.05) is 43.4 Å². The number of rotatable bonds is 5. The summed E-state index contributed by atoms with van der Waals surface area (Å²) in [5.74, 6) is -0.917. The number of hydrogen-bond acceptors (Lipinski definition) is 8. The second kappa shape index (κ2) is 9.03. The number of nitrogens with one attached hydrogen (secondary N) is 2. The van der Waals surface area contributed by atoms with Crippen LogP contribution in [0.1, 0.15) is 35.2 Å². The molecule has 2 aliphatic rings. The Morgan fingerprint density at radius 3 is 2.69 bits per heavy atom. The number of carbonyl (C=O) groups is 2. The molecule has 2 aromatic rings. The molecule has 2 aliphatic heterocycles. The van der Waals surface area contributed by atoms with Gasteiger partial charge in [0.15, 0.2) is 11.9 Å². The summed E-state index contributed by atoms with van der Waals surface area (Å²) in [7, 11) is 1.54. The van der Waals surface area contributed by atoms with Gasteiger partial charge in [0, 0.05) is 51.5 Å². The minimum atomic E-state index is -0.647. The number of amides is 2. The highest BCUT2D eigenvalue weighted by Crippen LogP contribution is 2.32. The lowest BCUT2D eigenvalue weighted by Crippen LogP contribution is -2.46. The standard InChI is InChI=1S/C21H26FN7O3/c1-4-15-19(30)27-17-16(22)13(9-25-21(17)32-15)11-28-5-7-29(8-6-28)14-10-24-18(20(31)23-3)26-12(14)2/h9-10,15H,4-8,11H2,1-3H3,(H,23,31)(H,27,30)/t15-/m1/s1. The predicted molar refractivity (Wildman–Crippen MR) is 115 cm³/mol. The zero-order chi connectivity index (χ0) is 22.8. The number of carbonyl (C=O) groups excluding carboxylic acids is 2. The van der Waals surface area contributed by atoms with Crippen LogP contribution in [-0.2, 0) is 11.3 Å². The number of pyridine rings is 1. The van der Waals surface area contributed by atoms with E-state index in [4.69, 9.17) is 4.74 Å². The molecular formula is C21H26FN7O3. The summed E-state index contributed by atoms with van der Waals surface area (Å²) in [5, 5.41) is 5.10. The molecule has 10 nitrogen and oxygen atoms in total. The summed E-state index contributed by atoms with van der Waals surface area (Å²) in [6.45, 7) is 6.87. The Morgan fingerprint density at radius 2 is 2.03 bits per heavy atom. The first kappa shape index (κ1) is 21.9. The number of ether oxygens (including phenoxy) is 1. The maximum absolute atomic E-state index is 15.0. The molecule has 4 heterocycles. The molecule has 170 valence electrons. The monoisotopic (exact) mass is 443 g/mol. The zero-order valence-corrected chi connectivity index (χ0v) is 18.3. The predicted octanol–water partition coefficient (Wildman–Crippen LogP) is 1.11. The Labute approximate surface area is 185 Å². The van der Waals surface area contributed by atoms with E-state index in [1.165, 1.54) is 13.2 Å². The lowest BCUT2D eigenvalue weighted by molar-refractivity contribution is -0.123. The Hall–Kier alpha value is -3.34. The van der Waals surface area contributed by atoms with Crippen molar-refractivity contribution in [2.45, 2.75) is 32.9 Å². The summed E-state index contributed by atoms with van der Waals surface area (Å²) >= 11 is 0. The van der Waals surface area contributed by atoms with E-state index >= 15 is 4.39 Å². The van der Waals surface area contributed by atoms with Crippen LogP contribution in [0, 0.1) is 12.7 Å². The van der Waals surface area contributed by atoms with Crippen LogP contribution < -0.4 is 20.3 Å². The smallest absolute Gasteiger partial charge is 0.288 e. The first-order valence-corrected chi connectivity index (χ1v) is 10.6. The molecule has 4 rings (SSSR count). The van der Waals surface area contributed by atoms with E-state index in [-0.39, 0.29) is 29.2 Å². The van der Waals surface area contributed by atoms with Gasteiger partial charge >= 0.3 is 0 Å². The lowest BCUT2D eigenvalue weighted by atomic mass is 10.1. The summed E-state index contributed by atoms with van der Waals surface area (Å²) in [4.78, 5) is 40.7. The van der Waals surface area contributed by atoms with Crippen LogP contribution >= 0.6 is 0 Å². The second-order valence-corrected chi connectivity index (χ2v) is 7.79. The first-order valence-electron chi connectivity index (χ1n) is 10.6. The lowest BCUT2D eigenvalue weighted by Gasteiger charge is -2.36. The molecule has 0 aromatic carbocycles. The maximum Gasteiger partial charge on any atom is 0.288 e. The third-order valence-corrected chi connectivity index (χ3v) is 5.71. The molecule has 1 saturated heterocycles. The van der Waals surface area contributed by atoms with Gasteiger partial charge in [-0.05, 0) is 13.3 Å². The van der Waals surface area contributed by atoms with Crippen LogP contribution in [0.2, 0.25) is 0 Å². The van der Waals surface area contributed by atoms with E-state index in [0.29, 0.717) is 44.7 Å². The highest BCUT2D eigenvalue weighted by molar-refractivity contribution is 5.97. The first-order chi connectivity index (χ1) is 15.4. The average Bonchev–Trinajstić information content (AvgIpc) is 2.81. The van der Waals surface area contributed by atoms with Crippen molar-refractivity contribution in [1.29, 1.82) is 0 Å². The van der Waals surface area contributed by atoms with Gasteiger partial charge in [0.05, 0.1) is 17.6 Å². The highest BCUT2D eigenvalue weighted by atomic mass is 19.1. The number of piperazine rings is 1. The molecule has 2 N–H and O–H groups in total. The van der Waals surface area contributed by atoms with Gasteiger partial charge in [0.1, 0.15) is 5.69 Å². The molecule has 1 atom stereocenters. The third kappa shape index (κ3) is 4.20. The van der Waals surface area contributed by atoms with Crippen LogP contribution in [-0.4, -0.2) is 71.0 Å². The topological polar surface area (TPSA) is 113 Å². The number of hydrogen-bond donors (Lipinski definition) is 2. The number of anilines is 2. The van der Waals surface area contributed by atoms with Crippen LogP contribution in [0.3, 0.4) is 0 Å². The SMILES string of the molecule is CC[C@H]1Oc2ncc(CN3CCN(c4cnc(C(=O)NC)nc4C)CC3)c(F)c2NC1=O. The van der Waals surface area contributed by atoms with Gasteiger partial charge in [0.2, 0.25) is 11.7 Å². The van der Waals surface area contributed by atoms with Crippen molar-refractivity contribution in [3.05, 3.63) is 35.3 Å². The molecule has 0 unspecified atom stereocenters. The Kier molecular flexibility index (Phi) is 6.17. The number of aryl methyl sites for hydroxylation is 1. The Morgan fingerprint density at radius 1 is 1.28 bits per heavy atom. The van der Waals surface area contributed by atoms with Crippen molar-refractivity contribution in [3.63, 3.8) is 0 Å². The maximum atomic E-state index is 15.0. The molecule has 32 heavy (non-hydrogen) atoms. The fourth-order valence-corrected chi connectivity index (χ4v) is 3.86. The van der Waals surface area contributed by atoms with Crippen LogP contribution in [0.4, 0.5) is 15.8 Å². The van der Waals surface area contributed by atoms with E-state index < -0.39 is 11.9 Å². The molecular weight excluding hydrogens is 417 g/mol. The number of halogens is 1. The van der Waals surface area contributed by atoms with Crippen molar-refractivity contribution in [2.24, 2.45) is 0 Å². The number of nitrogens with zero attached hydrogens (tertiary/aromatic N) is 5. The summed E-state index contributed by atoms with van der Waals surface area (Å²) < 4.78 is 20.5. The van der Waals surface area contributed by atoms with Gasteiger partial charge in [-0.1, -0.05) is 6.92 Å². The van der Waals surface area contributed by atoms with Gasteiger partial charge in [-0.2, -0.15) is 0 Å². The van der Waals surface area contributed by atoms with Gasteiger partial charge in [-0.25, -0.2) is 19.3 Å². The quantitative estimate of drug-likeness (QED) is 0.707. The molecule has 0 radical (unpaired) electrons. The molecule has 0 aliphatic carbocycles. The molecule has 0 bridgehead atoms. The van der Waals surface area contributed by atoms with Crippen LogP contribution in [0.25, 0.3) is 0 Å². The van der Waals surface area contributed by atoms with Gasteiger partial charge < -0.3 is 20.3 Å². The van der Waals surface area contributed by atoms with Gasteiger partial charge in [-0.3, -0.25) is 14.5 Å². The van der Waals surface area contributed by atoms with Crippen LogP contribution in [0.5, 0.6) is 5.88 Å². The minimum absolute atomic E-state index is 0.0137. The van der Waals surface area contributed by atoms with E-state index in [1.807, 2.05) is 13.8 Å². The second-order valence-electron chi connectivity index (χ2n) is 7.79. The fraction of sp³-hybridized carbons (Fsp3) is 0.476. The highest BCUT2D eigenvalue weighted by Gasteiger charge is 2.31. The molecule has 0 spiro atoms. The van der Waals surface area contributed by atoms with Crippen molar-refractivity contribution < 1.29 is 18.7 Å². The minimum Gasteiger partial charge on any atom is -0.463 e. The number of aromatic nitrogens is 3. The summed E-state index contributed by atoms with van der Waals surface area (Å²) in [5.41, 5.74) is 2.03. The Bertz CT molecular complexity index is 1040. The number of fused-ring (bicyclic) bond motifs is 1. The zero-order valence-electron chi connectivity index (χ0n) is 18.3. The van der Waals surface area contributed by atoms with Crippen molar-refractivity contribution in [1.82, 2.24) is 25.2 Å². The van der Waals surface area contributed by atoms with Crippen LogP contribution in [0.15, 0.2) is 12.4 Å². The fourth-order valence-electron chi connectivity index (χ4n) is 3.86. The average molecular weight is 443 g/mol. The van der Waals surface area contributed by atoms with Gasteiger partial charge in [0.25, 0.3) is 11.8 Å².